The molecule has 0 heterocycles. The molecule has 0 aliphatic carbocycles. The van der Waals surface area contributed by atoms with Crippen molar-refractivity contribution in [3.05, 3.63) is 67.0 Å². The first-order chi connectivity index (χ1) is 9.90. The molecule has 1 unspecified atom stereocenters. The quantitative estimate of drug-likeness (QED) is 0.455. The number of nitro groups is 1. The molecule has 0 aliphatic heterocycles. The Balaban J connectivity index is 2.37. The van der Waals surface area contributed by atoms with Crippen molar-refractivity contribution >= 4 is 34.0 Å². The summed E-state index contributed by atoms with van der Waals surface area (Å²) in [5.41, 5.74) is 2.16. The number of benzene rings is 2. The van der Waals surface area contributed by atoms with Gasteiger partial charge in [0, 0.05) is 18.2 Å². The summed E-state index contributed by atoms with van der Waals surface area (Å²) < 4.78 is 13.9. The van der Waals surface area contributed by atoms with Gasteiger partial charge in [-0.1, -0.05) is 24.3 Å². The number of aryl methyl sites for hydroxylation is 1. The van der Waals surface area contributed by atoms with Gasteiger partial charge in [0.25, 0.3) is 5.69 Å². The van der Waals surface area contributed by atoms with Crippen molar-refractivity contribution in [1.82, 2.24) is 0 Å². The van der Waals surface area contributed by atoms with Gasteiger partial charge in [-0.15, -0.1) is 0 Å². The third-order valence-corrected chi connectivity index (χ3v) is 4.09. The molecule has 0 fully saturated rings. The third kappa shape index (κ3) is 3.49. The highest BCUT2D eigenvalue weighted by atomic mass is 127. The molecule has 2 aromatic carbocycles. The van der Waals surface area contributed by atoms with Crippen LogP contribution in [-0.2, 0) is 0 Å². The maximum Gasteiger partial charge on any atom is 0.293 e. The molecule has 2 aromatic rings. The van der Waals surface area contributed by atoms with Gasteiger partial charge in [-0.05, 0) is 47.6 Å². The van der Waals surface area contributed by atoms with Crippen LogP contribution in [0.3, 0.4) is 0 Å². The Bertz CT molecular complexity index is 691. The fourth-order valence-corrected chi connectivity index (χ4v) is 2.64. The average Bonchev–Trinajstić information content (AvgIpc) is 2.42. The summed E-state index contributed by atoms with van der Waals surface area (Å²) in [5.74, 6) is -0.472. The van der Waals surface area contributed by atoms with Gasteiger partial charge in [0.2, 0.25) is 0 Å². The van der Waals surface area contributed by atoms with Crippen LogP contribution < -0.4 is 5.32 Å². The van der Waals surface area contributed by atoms with E-state index in [1.165, 1.54) is 12.1 Å². The zero-order valence-electron chi connectivity index (χ0n) is 11.6. The Morgan fingerprint density at radius 1 is 1.33 bits per heavy atom. The lowest BCUT2D eigenvalue weighted by Gasteiger charge is -2.18. The summed E-state index contributed by atoms with van der Waals surface area (Å²) in [5, 5.41) is 14.1. The normalized spacial score (nSPS) is 12.0. The summed E-state index contributed by atoms with van der Waals surface area (Å²) in [6, 6.07) is 10.0. The minimum Gasteiger partial charge on any atom is -0.373 e. The number of hydrogen-bond donors (Lipinski definition) is 1. The number of hydrogen-bond acceptors (Lipinski definition) is 3. The van der Waals surface area contributed by atoms with Gasteiger partial charge >= 0.3 is 0 Å². The average molecular weight is 400 g/mol. The van der Waals surface area contributed by atoms with Crippen molar-refractivity contribution in [2.45, 2.75) is 19.9 Å². The largest absolute Gasteiger partial charge is 0.373 e. The lowest BCUT2D eigenvalue weighted by Crippen LogP contribution is -2.10. The Hall–Kier alpha value is -1.70. The molecule has 0 spiro atoms. The van der Waals surface area contributed by atoms with E-state index in [4.69, 9.17) is 0 Å². The van der Waals surface area contributed by atoms with Crippen molar-refractivity contribution in [1.29, 1.82) is 0 Å². The lowest BCUT2D eigenvalue weighted by molar-refractivity contribution is -0.384. The molecule has 2 rings (SSSR count). The summed E-state index contributed by atoms with van der Waals surface area (Å²) >= 11 is 1.74. The first kappa shape index (κ1) is 15.7. The van der Waals surface area contributed by atoms with E-state index in [0.29, 0.717) is 0 Å². The molecular weight excluding hydrogens is 386 g/mol. The van der Waals surface area contributed by atoms with E-state index in [2.05, 4.69) is 5.32 Å². The summed E-state index contributed by atoms with van der Waals surface area (Å²) in [4.78, 5) is 10.6. The molecule has 6 heteroatoms. The van der Waals surface area contributed by atoms with Crippen LogP contribution in [0.4, 0.5) is 15.8 Å². The molecule has 0 saturated carbocycles. The second-order valence-electron chi connectivity index (χ2n) is 4.76. The van der Waals surface area contributed by atoms with Gasteiger partial charge in [-0.25, -0.2) is 4.39 Å². The molecule has 0 radical (unpaired) electrons. The first-order valence-electron chi connectivity index (χ1n) is 6.35. The van der Waals surface area contributed by atoms with Crippen molar-refractivity contribution in [3.63, 3.8) is 0 Å². The molecular formula is C15H14FIN2O2. The Morgan fingerprint density at radius 3 is 2.62 bits per heavy atom. The highest BCUT2D eigenvalue weighted by molar-refractivity contribution is 14.1. The molecule has 0 aliphatic rings. The molecule has 21 heavy (non-hydrogen) atoms. The second-order valence-corrected chi connectivity index (χ2v) is 5.93. The Labute approximate surface area is 135 Å². The maximum atomic E-state index is 13.7. The van der Waals surface area contributed by atoms with E-state index in [0.717, 1.165) is 11.1 Å². The molecule has 0 bridgehead atoms. The topological polar surface area (TPSA) is 55.2 Å². The van der Waals surface area contributed by atoms with Crippen molar-refractivity contribution in [2.75, 3.05) is 5.32 Å². The number of anilines is 1. The SMILES string of the molecule is Cc1ccccc1C(C)Nc1cc(F)c(I)cc1[N+](=O)[O-]. The number of nitrogens with zero attached hydrogens (tertiary/aromatic N) is 1. The summed E-state index contributed by atoms with van der Waals surface area (Å²) in [6.45, 7) is 3.86. The Morgan fingerprint density at radius 2 is 2.00 bits per heavy atom. The van der Waals surface area contributed by atoms with Crippen LogP contribution in [-0.4, -0.2) is 4.92 Å². The molecule has 110 valence electrons. The first-order valence-corrected chi connectivity index (χ1v) is 7.43. The minimum atomic E-state index is -0.505. The second kappa shape index (κ2) is 6.38. The zero-order valence-corrected chi connectivity index (χ0v) is 13.7. The van der Waals surface area contributed by atoms with Gasteiger partial charge in [0.15, 0.2) is 0 Å². The number of nitrogens with one attached hydrogen (secondary N) is 1. The van der Waals surface area contributed by atoms with Crippen LogP contribution in [0.2, 0.25) is 0 Å². The fraction of sp³-hybridized carbons (Fsp3) is 0.200. The number of halogens is 2. The van der Waals surface area contributed by atoms with Crippen molar-refractivity contribution in [3.8, 4) is 0 Å². The van der Waals surface area contributed by atoms with E-state index < -0.39 is 10.7 Å². The predicted octanol–water partition coefficient (Wildman–Crippen LogP) is 4.82. The summed E-state index contributed by atoms with van der Waals surface area (Å²) in [6.07, 6.45) is 0. The van der Waals surface area contributed by atoms with Crippen LogP contribution in [0, 0.1) is 26.4 Å². The monoisotopic (exact) mass is 400 g/mol. The van der Waals surface area contributed by atoms with E-state index in [1.54, 1.807) is 22.6 Å². The molecule has 0 saturated heterocycles. The van der Waals surface area contributed by atoms with Crippen molar-refractivity contribution in [2.24, 2.45) is 0 Å². The fourth-order valence-electron chi connectivity index (χ4n) is 2.19. The maximum absolute atomic E-state index is 13.7. The van der Waals surface area contributed by atoms with E-state index >= 15 is 0 Å². The van der Waals surface area contributed by atoms with Crippen LogP contribution in [0.25, 0.3) is 0 Å². The Kier molecular flexibility index (Phi) is 4.76. The van der Waals surface area contributed by atoms with E-state index in [1.807, 2.05) is 38.1 Å². The third-order valence-electron chi connectivity index (χ3n) is 3.26. The lowest BCUT2D eigenvalue weighted by atomic mass is 10.0. The number of rotatable bonds is 4. The van der Waals surface area contributed by atoms with Crippen LogP contribution in [0.1, 0.15) is 24.1 Å². The van der Waals surface area contributed by atoms with Crippen LogP contribution in [0.15, 0.2) is 36.4 Å². The van der Waals surface area contributed by atoms with E-state index in [-0.39, 0.29) is 21.0 Å². The molecule has 1 N–H and O–H groups in total. The summed E-state index contributed by atoms with van der Waals surface area (Å²) in [7, 11) is 0. The highest BCUT2D eigenvalue weighted by Gasteiger charge is 2.19. The van der Waals surface area contributed by atoms with Crippen LogP contribution in [0.5, 0.6) is 0 Å². The molecule has 0 aromatic heterocycles. The van der Waals surface area contributed by atoms with Crippen molar-refractivity contribution < 1.29 is 9.31 Å². The van der Waals surface area contributed by atoms with Gasteiger partial charge in [0.1, 0.15) is 11.5 Å². The highest BCUT2D eigenvalue weighted by Crippen LogP contribution is 2.32. The van der Waals surface area contributed by atoms with Crippen LogP contribution >= 0.6 is 22.6 Å². The predicted molar refractivity (Wildman–Crippen MR) is 89.0 cm³/mol. The molecule has 0 amide bonds. The van der Waals surface area contributed by atoms with Gasteiger partial charge in [-0.2, -0.15) is 0 Å². The standard InChI is InChI=1S/C15H14FIN2O2/c1-9-5-3-4-6-11(9)10(2)18-14-7-12(16)13(17)8-15(14)19(20)21/h3-8,10,18H,1-2H3. The number of nitro benzene ring substituents is 1. The van der Waals surface area contributed by atoms with E-state index in [9.17, 15) is 14.5 Å². The minimum absolute atomic E-state index is 0.124. The van der Waals surface area contributed by atoms with Gasteiger partial charge in [-0.3, -0.25) is 10.1 Å². The van der Waals surface area contributed by atoms with Gasteiger partial charge in [0.05, 0.1) is 8.49 Å². The zero-order chi connectivity index (χ0) is 15.6. The molecule has 1 atom stereocenters. The van der Waals surface area contributed by atoms with Gasteiger partial charge < -0.3 is 5.32 Å². The smallest absolute Gasteiger partial charge is 0.293 e. The molecule has 4 nitrogen and oxygen atoms in total.